The van der Waals surface area contributed by atoms with Gasteiger partial charge in [-0.1, -0.05) is 23.7 Å². The molecule has 0 aliphatic heterocycles. The third-order valence-electron chi connectivity index (χ3n) is 6.04. The molecular weight excluding hydrogens is 528 g/mol. The van der Waals surface area contributed by atoms with Crippen LogP contribution in [-0.2, 0) is 11.4 Å². The molecule has 0 saturated carbocycles. The zero-order valence-corrected chi connectivity index (χ0v) is 23.1. The van der Waals surface area contributed by atoms with Crippen molar-refractivity contribution in [1.82, 2.24) is 14.9 Å². The van der Waals surface area contributed by atoms with Crippen molar-refractivity contribution >= 4 is 39.8 Å². The zero-order valence-electron chi connectivity index (χ0n) is 22.4. The van der Waals surface area contributed by atoms with Crippen molar-refractivity contribution in [1.29, 1.82) is 5.26 Å². The van der Waals surface area contributed by atoms with E-state index in [4.69, 9.17) is 26.8 Å². The van der Waals surface area contributed by atoms with E-state index in [1.54, 1.807) is 24.4 Å². The summed E-state index contributed by atoms with van der Waals surface area (Å²) in [6.45, 7) is 2.61. The number of halogens is 1. The quantitative estimate of drug-likeness (QED) is 0.231. The Bertz CT molecular complexity index is 1580. The van der Waals surface area contributed by atoms with Gasteiger partial charge in [0.1, 0.15) is 24.2 Å². The van der Waals surface area contributed by atoms with Crippen LogP contribution in [0.15, 0.2) is 73.1 Å². The van der Waals surface area contributed by atoms with Gasteiger partial charge in [0.25, 0.3) is 0 Å². The van der Waals surface area contributed by atoms with Crippen LogP contribution < -0.4 is 20.5 Å². The average molecular weight is 557 g/mol. The van der Waals surface area contributed by atoms with Crippen LogP contribution in [0.4, 0.5) is 11.4 Å². The van der Waals surface area contributed by atoms with E-state index in [0.29, 0.717) is 51.0 Å². The summed E-state index contributed by atoms with van der Waals surface area (Å²) in [5.41, 5.74) is 9.14. The smallest absolute Gasteiger partial charge is 0.241 e. The predicted octanol–water partition coefficient (Wildman–Crippen LogP) is 5.52. The van der Waals surface area contributed by atoms with E-state index in [0.717, 1.165) is 11.3 Å². The topological polar surface area (TPSA) is 126 Å². The van der Waals surface area contributed by atoms with Gasteiger partial charge in [0.15, 0.2) is 0 Å². The van der Waals surface area contributed by atoms with Gasteiger partial charge in [-0.25, -0.2) is 0 Å². The van der Waals surface area contributed by atoms with Crippen LogP contribution in [0.1, 0.15) is 29.8 Å². The largest absolute Gasteiger partial charge is 0.493 e. The van der Waals surface area contributed by atoms with Crippen LogP contribution >= 0.6 is 11.6 Å². The van der Waals surface area contributed by atoms with Crippen molar-refractivity contribution in [2.45, 2.75) is 19.6 Å². The number of hydrogen-bond donors (Lipinski definition) is 2. The van der Waals surface area contributed by atoms with Crippen molar-refractivity contribution in [2.24, 2.45) is 5.73 Å². The number of likely N-dealkylation sites (N-methyl/N-ethyl adjacent to an activating group) is 1. The fourth-order valence-electron chi connectivity index (χ4n) is 4.18. The van der Waals surface area contributed by atoms with Gasteiger partial charge in [-0.3, -0.25) is 19.7 Å². The molecule has 1 atom stereocenters. The molecule has 40 heavy (non-hydrogen) atoms. The number of anilines is 2. The highest BCUT2D eigenvalue weighted by molar-refractivity contribution is 6.32. The van der Waals surface area contributed by atoms with E-state index in [9.17, 15) is 10.1 Å². The monoisotopic (exact) mass is 556 g/mol. The Hall–Kier alpha value is -4.65. The molecule has 0 bridgehead atoms. The van der Waals surface area contributed by atoms with Gasteiger partial charge in [0.05, 0.1) is 40.1 Å². The van der Waals surface area contributed by atoms with Gasteiger partial charge in [-0.2, -0.15) is 5.26 Å². The number of rotatable bonds is 11. The summed E-state index contributed by atoms with van der Waals surface area (Å²) in [4.78, 5) is 22.2. The Morgan fingerprint density at radius 1 is 1.18 bits per heavy atom. The Balaban J connectivity index is 1.74. The standard InChI is InChI=1S/C30H29ClN6O3/c1-4-39-28-15-25-22(14-23(28)26(37(2)3)9-11-29(33)38)30(19(16-32)17-35-25)36-20-8-10-27(24(31)13-20)40-18-21-7-5-6-12-34-21/h5-15,17,26H,4,18H2,1-3H3,(H2,33,38)(H,35,36). The highest BCUT2D eigenvalue weighted by atomic mass is 35.5. The molecule has 0 saturated heterocycles. The van der Waals surface area contributed by atoms with Crippen LogP contribution in [0.25, 0.3) is 10.9 Å². The maximum Gasteiger partial charge on any atom is 0.241 e. The number of aromatic nitrogens is 2. The number of hydrogen-bond acceptors (Lipinski definition) is 8. The minimum Gasteiger partial charge on any atom is -0.493 e. The minimum atomic E-state index is -0.550. The van der Waals surface area contributed by atoms with Crippen molar-refractivity contribution in [2.75, 3.05) is 26.0 Å². The lowest BCUT2D eigenvalue weighted by atomic mass is 9.99. The molecule has 0 spiro atoms. The highest BCUT2D eigenvalue weighted by Gasteiger charge is 2.20. The van der Waals surface area contributed by atoms with Gasteiger partial charge in [0.2, 0.25) is 5.91 Å². The molecule has 3 N–H and O–H groups in total. The molecule has 2 heterocycles. The van der Waals surface area contributed by atoms with Crippen LogP contribution in [0.3, 0.4) is 0 Å². The summed E-state index contributed by atoms with van der Waals surface area (Å²) < 4.78 is 11.8. The van der Waals surface area contributed by atoms with Gasteiger partial charge >= 0.3 is 0 Å². The van der Waals surface area contributed by atoms with Crippen molar-refractivity contribution < 1.29 is 14.3 Å². The predicted molar refractivity (Wildman–Crippen MR) is 156 cm³/mol. The van der Waals surface area contributed by atoms with E-state index < -0.39 is 5.91 Å². The van der Waals surface area contributed by atoms with Crippen LogP contribution in [-0.4, -0.2) is 41.5 Å². The van der Waals surface area contributed by atoms with Crippen molar-refractivity contribution in [3.63, 3.8) is 0 Å². The van der Waals surface area contributed by atoms with Crippen LogP contribution in [0.2, 0.25) is 5.02 Å². The second kappa shape index (κ2) is 12.9. The summed E-state index contributed by atoms with van der Waals surface area (Å²) in [6.07, 6.45) is 6.26. The number of fused-ring (bicyclic) bond motifs is 1. The first-order valence-electron chi connectivity index (χ1n) is 12.5. The molecule has 10 heteroatoms. The number of primary amides is 1. The van der Waals surface area contributed by atoms with E-state index in [1.807, 2.05) is 62.3 Å². The summed E-state index contributed by atoms with van der Waals surface area (Å²) in [5, 5.41) is 14.4. The van der Waals surface area contributed by atoms with Gasteiger partial charge < -0.3 is 20.5 Å². The third-order valence-corrected chi connectivity index (χ3v) is 6.34. The van der Waals surface area contributed by atoms with E-state index >= 15 is 0 Å². The first-order valence-corrected chi connectivity index (χ1v) is 12.9. The highest BCUT2D eigenvalue weighted by Crippen LogP contribution is 2.38. The third kappa shape index (κ3) is 6.67. The molecule has 1 amide bonds. The summed E-state index contributed by atoms with van der Waals surface area (Å²) in [7, 11) is 3.77. The number of nitrogens with one attached hydrogen (secondary N) is 1. The number of carbonyl (C=O) groups excluding carboxylic acids is 1. The molecule has 0 aliphatic rings. The second-order valence-electron chi connectivity index (χ2n) is 9.05. The number of amides is 1. The Labute approximate surface area is 237 Å². The van der Waals surface area contributed by atoms with Crippen LogP contribution in [0.5, 0.6) is 11.5 Å². The fraction of sp³-hybridized carbons (Fsp3) is 0.200. The number of ether oxygens (including phenoxy) is 2. The molecule has 0 aliphatic carbocycles. The molecule has 1 unspecified atom stereocenters. The maximum atomic E-state index is 11.5. The van der Waals surface area contributed by atoms with Gasteiger partial charge in [-0.15, -0.1) is 0 Å². The van der Waals surface area contributed by atoms with Crippen molar-refractivity contribution in [3.05, 3.63) is 94.9 Å². The number of benzene rings is 2. The second-order valence-corrected chi connectivity index (χ2v) is 9.46. The van der Waals surface area contributed by atoms with E-state index in [1.165, 1.54) is 12.3 Å². The molecular formula is C30H29ClN6O3. The number of nitrogens with zero attached hydrogens (tertiary/aromatic N) is 4. The van der Waals surface area contributed by atoms with Gasteiger partial charge in [0, 0.05) is 41.2 Å². The lowest BCUT2D eigenvalue weighted by molar-refractivity contribution is -0.113. The number of pyridine rings is 2. The lowest BCUT2D eigenvalue weighted by Crippen LogP contribution is -2.20. The van der Waals surface area contributed by atoms with Crippen LogP contribution in [0, 0.1) is 11.3 Å². The molecule has 4 aromatic rings. The molecule has 2 aromatic carbocycles. The first-order chi connectivity index (χ1) is 19.3. The normalized spacial score (nSPS) is 11.9. The van der Waals surface area contributed by atoms with Gasteiger partial charge in [-0.05, 0) is 57.4 Å². The van der Waals surface area contributed by atoms with E-state index in [-0.39, 0.29) is 12.6 Å². The fourth-order valence-corrected chi connectivity index (χ4v) is 4.42. The first kappa shape index (κ1) is 28.4. The number of nitriles is 1. The molecule has 9 nitrogen and oxygen atoms in total. The molecule has 4 rings (SSSR count). The average Bonchev–Trinajstić information content (AvgIpc) is 2.93. The summed E-state index contributed by atoms with van der Waals surface area (Å²) in [6, 6.07) is 16.6. The summed E-state index contributed by atoms with van der Waals surface area (Å²) in [5.74, 6) is 0.575. The number of nitrogens with two attached hydrogens (primary N) is 1. The zero-order chi connectivity index (χ0) is 28.6. The lowest BCUT2D eigenvalue weighted by Gasteiger charge is -2.25. The molecule has 204 valence electrons. The minimum absolute atomic E-state index is 0.281. The molecule has 0 fully saturated rings. The molecule has 0 radical (unpaired) electrons. The maximum absolute atomic E-state index is 11.5. The summed E-state index contributed by atoms with van der Waals surface area (Å²) >= 11 is 6.54. The van der Waals surface area contributed by atoms with E-state index in [2.05, 4.69) is 21.4 Å². The number of carbonyl (C=O) groups is 1. The molecule has 2 aromatic heterocycles. The van der Waals surface area contributed by atoms with Crippen molar-refractivity contribution in [3.8, 4) is 17.6 Å². The SMILES string of the molecule is CCOc1cc2ncc(C#N)c(Nc3ccc(OCc4ccccn4)c(Cl)c3)c2cc1C(C=CC(N)=O)N(C)C. The Morgan fingerprint density at radius 3 is 2.65 bits per heavy atom. The Kier molecular flexibility index (Phi) is 9.17. The Morgan fingerprint density at radius 2 is 2.00 bits per heavy atom.